The van der Waals surface area contributed by atoms with Crippen LogP contribution in [0.4, 0.5) is 0 Å². The van der Waals surface area contributed by atoms with Gasteiger partial charge in [-0.1, -0.05) is 32.9 Å². The SMILES string of the molecule is C/C=C\C=NC1=CCC(C)C1.CC. The highest BCUT2D eigenvalue weighted by atomic mass is 14.7. The van der Waals surface area contributed by atoms with E-state index in [1.54, 1.807) is 0 Å². The molecule has 0 bridgehead atoms. The van der Waals surface area contributed by atoms with Gasteiger partial charge in [0, 0.05) is 11.9 Å². The molecule has 0 N–H and O–H groups in total. The minimum atomic E-state index is 0.799. The second kappa shape index (κ2) is 7.78. The smallest absolute Gasteiger partial charge is 0.0366 e. The van der Waals surface area contributed by atoms with Crippen LogP contribution in [0.5, 0.6) is 0 Å². The molecule has 0 aromatic rings. The largest absolute Gasteiger partial charge is 0.262 e. The minimum absolute atomic E-state index is 0.799. The molecule has 1 nitrogen and oxygen atoms in total. The van der Waals surface area contributed by atoms with E-state index in [0.29, 0.717) is 0 Å². The van der Waals surface area contributed by atoms with Crippen LogP contribution < -0.4 is 0 Å². The molecule has 0 amide bonds. The van der Waals surface area contributed by atoms with Gasteiger partial charge in [0.1, 0.15) is 0 Å². The number of rotatable bonds is 2. The number of hydrogen-bond acceptors (Lipinski definition) is 1. The lowest BCUT2D eigenvalue weighted by atomic mass is 10.1. The van der Waals surface area contributed by atoms with E-state index in [-0.39, 0.29) is 0 Å². The van der Waals surface area contributed by atoms with Crippen molar-refractivity contribution in [1.82, 2.24) is 0 Å². The molecule has 1 aliphatic carbocycles. The van der Waals surface area contributed by atoms with Crippen LogP contribution in [0.25, 0.3) is 0 Å². The fourth-order valence-electron chi connectivity index (χ4n) is 1.19. The fraction of sp³-hybridized carbons (Fsp3) is 0.583. The summed E-state index contributed by atoms with van der Waals surface area (Å²) in [6.07, 6.45) is 10.4. The van der Waals surface area contributed by atoms with Gasteiger partial charge in [-0.2, -0.15) is 0 Å². The van der Waals surface area contributed by atoms with Crippen molar-refractivity contribution in [2.45, 2.75) is 40.5 Å². The van der Waals surface area contributed by atoms with Crippen molar-refractivity contribution < 1.29 is 0 Å². The average molecular weight is 179 g/mol. The van der Waals surface area contributed by atoms with E-state index in [1.807, 2.05) is 39.1 Å². The first-order valence-electron chi connectivity index (χ1n) is 5.17. The molecular formula is C12H21N. The molecule has 0 aromatic heterocycles. The Morgan fingerprint density at radius 3 is 2.62 bits per heavy atom. The van der Waals surface area contributed by atoms with Gasteiger partial charge in [-0.3, -0.25) is 4.99 Å². The summed E-state index contributed by atoms with van der Waals surface area (Å²) < 4.78 is 0. The summed E-state index contributed by atoms with van der Waals surface area (Å²) in [6.45, 7) is 8.26. The van der Waals surface area contributed by atoms with Crippen LogP contribution >= 0.6 is 0 Å². The molecule has 1 atom stereocenters. The van der Waals surface area contributed by atoms with Crippen molar-refractivity contribution in [3.05, 3.63) is 23.9 Å². The average Bonchev–Trinajstić information content (AvgIpc) is 2.56. The predicted octanol–water partition coefficient (Wildman–Crippen LogP) is 3.97. The van der Waals surface area contributed by atoms with E-state index >= 15 is 0 Å². The summed E-state index contributed by atoms with van der Waals surface area (Å²) in [5.74, 6) is 0.799. The first-order chi connectivity index (χ1) is 6.33. The molecule has 13 heavy (non-hydrogen) atoms. The monoisotopic (exact) mass is 179 g/mol. The number of aliphatic imine (C=N–C) groups is 1. The normalized spacial score (nSPS) is 21.8. The Morgan fingerprint density at radius 1 is 1.46 bits per heavy atom. The van der Waals surface area contributed by atoms with Crippen molar-refractivity contribution in [1.29, 1.82) is 0 Å². The molecule has 1 heteroatoms. The lowest BCUT2D eigenvalue weighted by Crippen LogP contribution is -1.83. The maximum Gasteiger partial charge on any atom is 0.0366 e. The summed E-state index contributed by atoms with van der Waals surface area (Å²) >= 11 is 0. The maximum absolute atomic E-state index is 4.31. The molecule has 74 valence electrons. The second-order valence-corrected chi connectivity index (χ2v) is 3.04. The first-order valence-corrected chi connectivity index (χ1v) is 5.17. The molecule has 0 saturated carbocycles. The Hall–Kier alpha value is -0.850. The van der Waals surface area contributed by atoms with Crippen molar-refractivity contribution in [2.75, 3.05) is 0 Å². The van der Waals surface area contributed by atoms with E-state index in [9.17, 15) is 0 Å². The van der Waals surface area contributed by atoms with Crippen molar-refractivity contribution in [3.8, 4) is 0 Å². The molecule has 0 spiro atoms. The quantitative estimate of drug-likeness (QED) is 0.569. The molecule has 0 aromatic carbocycles. The third-order valence-corrected chi connectivity index (χ3v) is 1.83. The highest BCUT2D eigenvalue weighted by Crippen LogP contribution is 2.24. The summed E-state index contributed by atoms with van der Waals surface area (Å²) in [5, 5.41) is 0. The van der Waals surface area contributed by atoms with E-state index < -0.39 is 0 Å². The van der Waals surface area contributed by atoms with E-state index in [4.69, 9.17) is 0 Å². The molecular weight excluding hydrogens is 158 g/mol. The summed E-state index contributed by atoms with van der Waals surface area (Å²) in [4.78, 5) is 4.31. The van der Waals surface area contributed by atoms with Gasteiger partial charge in [0.2, 0.25) is 0 Å². The van der Waals surface area contributed by atoms with Crippen LogP contribution in [0.15, 0.2) is 28.9 Å². The summed E-state index contributed by atoms with van der Waals surface area (Å²) in [7, 11) is 0. The summed E-state index contributed by atoms with van der Waals surface area (Å²) in [5.41, 5.74) is 1.25. The maximum atomic E-state index is 4.31. The third-order valence-electron chi connectivity index (χ3n) is 1.83. The van der Waals surface area contributed by atoms with Gasteiger partial charge in [-0.25, -0.2) is 0 Å². The van der Waals surface area contributed by atoms with Gasteiger partial charge in [0.25, 0.3) is 0 Å². The van der Waals surface area contributed by atoms with Gasteiger partial charge in [0.15, 0.2) is 0 Å². The van der Waals surface area contributed by atoms with E-state index in [2.05, 4.69) is 18.0 Å². The zero-order valence-electron chi connectivity index (χ0n) is 9.25. The number of nitrogens with zero attached hydrogens (tertiary/aromatic N) is 1. The van der Waals surface area contributed by atoms with Crippen molar-refractivity contribution >= 4 is 6.21 Å². The van der Waals surface area contributed by atoms with Gasteiger partial charge in [-0.05, 0) is 31.8 Å². The molecule has 0 heterocycles. The lowest BCUT2D eigenvalue weighted by molar-refractivity contribution is 0.626. The van der Waals surface area contributed by atoms with Gasteiger partial charge in [-0.15, -0.1) is 0 Å². The number of allylic oxidation sites excluding steroid dienone is 4. The summed E-state index contributed by atoms with van der Waals surface area (Å²) in [6, 6.07) is 0. The van der Waals surface area contributed by atoms with E-state index in [0.717, 1.165) is 12.3 Å². The Labute approximate surface area is 82.3 Å². The van der Waals surface area contributed by atoms with Crippen LogP contribution in [0.1, 0.15) is 40.5 Å². The van der Waals surface area contributed by atoms with Gasteiger partial charge < -0.3 is 0 Å². The van der Waals surface area contributed by atoms with Crippen LogP contribution in [0.2, 0.25) is 0 Å². The third kappa shape index (κ3) is 5.40. The van der Waals surface area contributed by atoms with Crippen LogP contribution in [0, 0.1) is 5.92 Å². The Morgan fingerprint density at radius 2 is 2.15 bits per heavy atom. The van der Waals surface area contributed by atoms with Crippen LogP contribution in [-0.2, 0) is 0 Å². The second-order valence-electron chi connectivity index (χ2n) is 3.04. The predicted molar refractivity (Wildman–Crippen MR) is 61.1 cm³/mol. The zero-order valence-corrected chi connectivity index (χ0v) is 9.25. The van der Waals surface area contributed by atoms with Crippen molar-refractivity contribution in [2.24, 2.45) is 10.9 Å². The first kappa shape index (κ1) is 12.2. The number of hydrogen-bond donors (Lipinski definition) is 0. The highest BCUT2D eigenvalue weighted by molar-refractivity contribution is 5.72. The molecule has 0 aliphatic heterocycles. The molecule has 1 unspecified atom stereocenters. The Bertz CT molecular complexity index is 199. The Balaban J connectivity index is 0.000000671. The van der Waals surface area contributed by atoms with Gasteiger partial charge >= 0.3 is 0 Å². The highest BCUT2D eigenvalue weighted by Gasteiger charge is 2.09. The molecule has 1 rings (SSSR count). The molecule has 0 radical (unpaired) electrons. The topological polar surface area (TPSA) is 12.4 Å². The zero-order chi connectivity index (χ0) is 10.1. The fourth-order valence-corrected chi connectivity index (χ4v) is 1.19. The van der Waals surface area contributed by atoms with Crippen LogP contribution in [-0.4, -0.2) is 6.21 Å². The molecule has 0 saturated heterocycles. The molecule has 0 fully saturated rings. The van der Waals surface area contributed by atoms with Crippen LogP contribution in [0.3, 0.4) is 0 Å². The van der Waals surface area contributed by atoms with E-state index in [1.165, 1.54) is 12.1 Å². The van der Waals surface area contributed by atoms with Crippen molar-refractivity contribution in [3.63, 3.8) is 0 Å². The minimum Gasteiger partial charge on any atom is -0.262 e. The molecule has 1 aliphatic rings. The van der Waals surface area contributed by atoms with Gasteiger partial charge in [0.05, 0.1) is 0 Å². The standard InChI is InChI=1S/C10H15N.C2H6/c1-3-4-7-11-10-6-5-9(2)8-10;1-2/h3-4,6-7,9H,5,8H2,1-2H3;1-2H3/b4-3-,11-7?;. The lowest BCUT2D eigenvalue weighted by Gasteiger charge is -1.96. The Kier molecular flexibility index (Phi) is 7.27.